The quantitative estimate of drug-likeness (QED) is 0.568. The molecule has 3 heterocycles. The van der Waals surface area contributed by atoms with Crippen molar-refractivity contribution in [2.75, 3.05) is 38.2 Å². The fourth-order valence-electron chi connectivity index (χ4n) is 4.14. The first-order chi connectivity index (χ1) is 15.9. The van der Waals surface area contributed by atoms with Gasteiger partial charge in [-0.2, -0.15) is 0 Å². The molecule has 0 bridgehead atoms. The Bertz CT molecular complexity index is 1010. The van der Waals surface area contributed by atoms with Gasteiger partial charge in [0.15, 0.2) is 0 Å². The maximum absolute atomic E-state index is 12.7. The molecule has 3 rings (SSSR count). The first-order valence-electron chi connectivity index (χ1n) is 11.6. The number of carbonyl (C=O) groups excluding carboxylic acids is 1. The van der Waals surface area contributed by atoms with E-state index in [-0.39, 0.29) is 17.5 Å². The van der Waals surface area contributed by atoms with Crippen molar-refractivity contribution >= 4 is 11.6 Å². The predicted molar refractivity (Wildman–Crippen MR) is 132 cm³/mol. The van der Waals surface area contributed by atoms with Crippen LogP contribution >= 0.6 is 0 Å². The molecule has 0 saturated carbocycles. The van der Waals surface area contributed by atoms with Gasteiger partial charge in [-0.05, 0) is 37.5 Å². The average molecular weight is 454 g/mol. The van der Waals surface area contributed by atoms with Crippen LogP contribution in [0.15, 0.2) is 47.5 Å². The van der Waals surface area contributed by atoms with Gasteiger partial charge in [0, 0.05) is 68.4 Å². The molecular weight excluding hydrogens is 418 g/mol. The zero-order chi connectivity index (χ0) is 23.8. The molecule has 8 nitrogen and oxygen atoms in total. The molecule has 0 atom stereocenters. The van der Waals surface area contributed by atoms with Crippen LogP contribution in [0.25, 0.3) is 11.1 Å². The Morgan fingerprint density at radius 3 is 2.76 bits per heavy atom. The van der Waals surface area contributed by atoms with E-state index in [4.69, 9.17) is 4.74 Å². The van der Waals surface area contributed by atoms with Crippen LogP contribution in [0.3, 0.4) is 0 Å². The van der Waals surface area contributed by atoms with E-state index in [0.717, 1.165) is 24.0 Å². The van der Waals surface area contributed by atoms with E-state index >= 15 is 0 Å². The molecule has 1 aliphatic rings. The monoisotopic (exact) mass is 453 g/mol. The predicted octanol–water partition coefficient (Wildman–Crippen LogP) is 2.82. The fourth-order valence-corrected chi connectivity index (χ4v) is 4.14. The number of likely N-dealkylation sites (tertiary alicyclic amines) is 1. The summed E-state index contributed by atoms with van der Waals surface area (Å²) in [4.78, 5) is 36.3. The molecule has 0 aliphatic carbocycles. The number of nitrogens with zero attached hydrogens (tertiary/aromatic N) is 3. The number of piperidine rings is 1. The minimum atomic E-state index is -0.110. The number of anilines is 1. The lowest BCUT2D eigenvalue weighted by atomic mass is 10.0. The maximum Gasteiger partial charge on any atom is 0.271 e. The van der Waals surface area contributed by atoms with Crippen LogP contribution in [-0.2, 0) is 4.79 Å². The molecular formula is C25H35N5O3. The third kappa shape index (κ3) is 6.44. The number of amides is 1. The summed E-state index contributed by atoms with van der Waals surface area (Å²) in [7, 11) is 1.58. The van der Waals surface area contributed by atoms with Crippen LogP contribution in [0, 0.1) is 0 Å². The SMILES string of the molecule is CCN(c1cc(-c2ccnc(OC)c2)c[nH]c1=O)C1CCN(C(=O)/C=C/CNC(C)C)CC1. The number of carbonyl (C=O) groups is 1. The molecule has 2 aromatic heterocycles. The number of nitrogens with one attached hydrogen (secondary N) is 2. The molecule has 1 aliphatic heterocycles. The second-order valence-electron chi connectivity index (χ2n) is 8.50. The number of aromatic nitrogens is 2. The van der Waals surface area contributed by atoms with Crippen LogP contribution in [0.4, 0.5) is 5.69 Å². The van der Waals surface area contributed by atoms with E-state index in [9.17, 15) is 9.59 Å². The number of hydrogen-bond donors (Lipinski definition) is 2. The second kappa shape index (κ2) is 11.7. The summed E-state index contributed by atoms with van der Waals surface area (Å²) >= 11 is 0. The average Bonchev–Trinajstić information content (AvgIpc) is 2.83. The summed E-state index contributed by atoms with van der Waals surface area (Å²) in [6.45, 7) is 8.98. The summed E-state index contributed by atoms with van der Waals surface area (Å²) in [6.07, 6.45) is 8.60. The third-order valence-corrected chi connectivity index (χ3v) is 5.93. The molecule has 33 heavy (non-hydrogen) atoms. The van der Waals surface area contributed by atoms with E-state index in [1.165, 1.54) is 0 Å². The number of hydrogen-bond acceptors (Lipinski definition) is 6. The lowest BCUT2D eigenvalue weighted by Gasteiger charge is -2.38. The summed E-state index contributed by atoms with van der Waals surface area (Å²) < 4.78 is 5.23. The number of methoxy groups -OCH3 is 1. The lowest BCUT2D eigenvalue weighted by molar-refractivity contribution is -0.127. The molecule has 0 aromatic carbocycles. The lowest BCUT2D eigenvalue weighted by Crippen LogP contribution is -2.47. The van der Waals surface area contributed by atoms with Crippen molar-refractivity contribution in [3.63, 3.8) is 0 Å². The maximum atomic E-state index is 12.7. The molecule has 8 heteroatoms. The van der Waals surface area contributed by atoms with Gasteiger partial charge in [-0.3, -0.25) is 9.59 Å². The highest BCUT2D eigenvalue weighted by atomic mass is 16.5. The van der Waals surface area contributed by atoms with E-state index in [2.05, 4.69) is 41.0 Å². The van der Waals surface area contributed by atoms with Crippen molar-refractivity contribution in [2.45, 2.75) is 45.7 Å². The van der Waals surface area contributed by atoms with Gasteiger partial charge in [0.2, 0.25) is 11.8 Å². The Labute approximate surface area is 195 Å². The fraction of sp³-hybridized carbons (Fsp3) is 0.480. The number of ether oxygens (including phenoxy) is 1. The van der Waals surface area contributed by atoms with Crippen molar-refractivity contribution in [3.8, 4) is 17.0 Å². The van der Waals surface area contributed by atoms with E-state index in [1.807, 2.05) is 29.2 Å². The van der Waals surface area contributed by atoms with Crippen LogP contribution in [0.1, 0.15) is 33.6 Å². The molecule has 0 unspecified atom stereocenters. The zero-order valence-electron chi connectivity index (χ0n) is 20.0. The van der Waals surface area contributed by atoms with Gasteiger partial charge in [-0.15, -0.1) is 0 Å². The smallest absolute Gasteiger partial charge is 0.271 e. The van der Waals surface area contributed by atoms with Gasteiger partial charge in [-0.1, -0.05) is 19.9 Å². The van der Waals surface area contributed by atoms with Crippen molar-refractivity contribution in [2.24, 2.45) is 0 Å². The molecule has 2 aromatic rings. The Balaban J connectivity index is 1.69. The van der Waals surface area contributed by atoms with Gasteiger partial charge >= 0.3 is 0 Å². The van der Waals surface area contributed by atoms with Crippen molar-refractivity contribution < 1.29 is 9.53 Å². The zero-order valence-corrected chi connectivity index (χ0v) is 20.0. The molecule has 0 radical (unpaired) electrons. The first-order valence-corrected chi connectivity index (χ1v) is 11.6. The first kappa shape index (κ1) is 24.5. The molecule has 0 spiro atoms. The van der Waals surface area contributed by atoms with Crippen LogP contribution in [0.5, 0.6) is 5.88 Å². The molecule has 178 valence electrons. The summed E-state index contributed by atoms with van der Waals surface area (Å²) in [5.74, 6) is 0.576. The summed E-state index contributed by atoms with van der Waals surface area (Å²) in [5, 5.41) is 3.27. The molecule has 1 amide bonds. The summed E-state index contributed by atoms with van der Waals surface area (Å²) in [5.41, 5.74) is 2.36. The van der Waals surface area contributed by atoms with Crippen molar-refractivity contribution in [1.29, 1.82) is 0 Å². The minimum absolute atomic E-state index is 0.0496. The molecule has 2 N–H and O–H groups in total. The van der Waals surface area contributed by atoms with Gasteiger partial charge in [0.1, 0.15) is 5.69 Å². The number of H-pyrrole nitrogens is 1. The Morgan fingerprint density at radius 2 is 2.09 bits per heavy atom. The largest absolute Gasteiger partial charge is 0.481 e. The van der Waals surface area contributed by atoms with Crippen molar-refractivity contribution in [3.05, 3.63) is 53.1 Å². The summed E-state index contributed by atoms with van der Waals surface area (Å²) in [6, 6.07) is 6.27. The third-order valence-electron chi connectivity index (χ3n) is 5.93. The van der Waals surface area contributed by atoms with Gasteiger partial charge in [0.05, 0.1) is 7.11 Å². The highest BCUT2D eigenvalue weighted by Gasteiger charge is 2.27. The topological polar surface area (TPSA) is 90.6 Å². The van der Waals surface area contributed by atoms with Gasteiger partial charge in [-0.25, -0.2) is 4.98 Å². The highest BCUT2D eigenvalue weighted by Crippen LogP contribution is 2.26. The Morgan fingerprint density at radius 1 is 1.33 bits per heavy atom. The number of rotatable bonds is 9. The van der Waals surface area contributed by atoms with Gasteiger partial charge < -0.3 is 24.8 Å². The Kier molecular flexibility index (Phi) is 8.65. The van der Waals surface area contributed by atoms with E-state index in [1.54, 1.807) is 25.6 Å². The van der Waals surface area contributed by atoms with Crippen LogP contribution < -0.4 is 20.5 Å². The van der Waals surface area contributed by atoms with Crippen molar-refractivity contribution in [1.82, 2.24) is 20.2 Å². The normalized spacial score (nSPS) is 14.8. The Hall–Kier alpha value is -3.13. The number of aromatic amines is 1. The van der Waals surface area contributed by atoms with E-state index in [0.29, 0.717) is 43.8 Å². The van der Waals surface area contributed by atoms with Crippen LogP contribution in [0.2, 0.25) is 0 Å². The standard InChI is InChI=1S/C25H35N5O3/c1-5-30(21-9-13-29(14-10-21)24(31)7-6-11-26-18(2)3)22-15-20(17-28-25(22)32)19-8-12-27-23(16-19)33-4/h6-8,12,15-18,21,26H,5,9-11,13-14H2,1-4H3,(H,28,32)/b7-6+. The second-order valence-corrected chi connectivity index (χ2v) is 8.50. The van der Waals surface area contributed by atoms with Gasteiger partial charge in [0.25, 0.3) is 5.56 Å². The highest BCUT2D eigenvalue weighted by molar-refractivity contribution is 5.87. The minimum Gasteiger partial charge on any atom is -0.481 e. The molecule has 1 saturated heterocycles. The number of pyridine rings is 2. The molecule has 1 fully saturated rings. The van der Waals surface area contributed by atoms with Crippen LogP contribution in [-0.4, -0.2) is 66.1 Å². The van der Waals surface area contributed by atoms with E-state index < -0.39 is 0 Å².